The van der Waals surface area contributed by atoms with E-state index in [-0.39, 0.29) is 62.3 Å². The molecule has 2 N–H and O–H groups in total. The molecule has 12 heteroatoms. The molecule has 1 unspecified atom stereocenters. The van der Waals surface area contributed by atoms with Crippen molar-refractivity contribution in [1.82, 2.24) is 15.1 Å². The molecule has 0 aliphatic carbocycles. The summed E-state index contributed by atoms with van der Waals surface area (Å²) in [6.45, 7) is 4.87. The van der Waals surface area contributed by atoms with Crippen LogP contribution < -0.4 is 15.1 Å². The Morgan fingerprint density at radius 2 is 1.62 bits per heavy atom. The maximum Gasteiger partial charge on any atom is 0.408 e. The molecule has 40 heavy (non-hydrogen) atoms. The van der Waals surface area contributed by atoms with E-state index in [2.05, 4.69) is 5.32 Å². The van der Waals surface area contributed by atoms with Gasteiger partial charge in [-0.2, -0.15) is 0 Å². The Morgan fingerprint density at radius 3 is 2.20 bits per heavy atom. The molecule has 3 fully saturated rings. The fourth-order valence-corrected chi connectivity index (χ4v) is 5.79. The molecule has 5 amide bonds. The molecule has 3 heterocycles. The second-order valence-electron chi connectivity index (χ2n) is 10.8. The highest BCUT2D eigenvalue weighted by atomic mass is 19.1. The molecule has 1 atom stereocenters. The smallest absolute Gasteiger partial charge is 0.408 e. The van der Waals surface area contributed by atoms with Crippen LogP contribution in [0.25, 0.3) is 0 Å². The van der Waals surface area contributed by atoms with Crippen LogP contribution in [0.2, 0.25) is 0 Å². The third-order valence-electron chi connectivity index (χ3n) is 8.02. The SMILES string of the molecule is Cc1ccc(N(C)C(=O)N2CC(N(C(=O)O)C3CN(c4cc(F)c(C5CCC(=O)NC5=O)c(F)c4)C3)C2)c(C)c1. The lowest BCUT2D eigenvalue weighted by Gasteiger charge is -2.52. The Balaban J connectivity index is 1.20. The van der Waals surface area contributed by atoms with Gasteiger partial charge in [-0.15, -0.1) is 0 Å². The van der Waals surface area contributed by atoms with Crippen molar-refractivity contribution >= 4 is 35.3 Å². The number of likely N-dealkylation sites (tertiary alicyclic amines) is 1. The van der Waals surface area contributed by atoms with Gasteiger partial charge in [0.2, 0.25) is 11.8 Å². The molecular weight excluding hydrogens is 524 g/mol. The summed E-state index contributed by atoms with van der Waals surface area (Å²) in [5.41, 5.74) is 2.71. The first kappa shape index (κ1) is 27.4. The molecule has 2 aromatic rings. The average molecular weight is 556 g/mol. The third kappa shape index (κ3) is 4.93. The fraction of sp³-hybridized carbons (Fsp3) is 0.429. The van der Waals surface area contributed by atoms with Gasteiger partial charge in [0, 0.05) is 56.6 Å². The van der Waals surface area contributed by atoms with Crippen molar-refractivity contribution in [2.45, 2.75) is 44.7 Å². The van der Waals surface area contributed by atoms with E-state index in [0.29, 0.717) is 0 Å². The minimum absolute atomic E-state index is 0.00192. The van der Waals surface area contributed by atoms with Gasteiger partial charge < -0.3 is 14.9 Å². The average Bonchev–Trinajstić information content (AvgIpc) is 2.81. The van der Waals surface area contributed by atoms with Crippen LogP contribution in [0.5, 0.6) is 0 Å². The number of anilines is 2. The summed E-state index contributed by atoms with van der Waals surface area (Å²) in [6.07, 6.45) is -1.09. The van der Waals surface area contributed by atoms with E-state index < -0.39 is 41.5 Å². The molecule has 0 radical (unpaired) electrons. The van der Waals surface area contributed by atoms with E-state index in [9.17, 15) is 33.1 Å². The third-order valence-corrected chi connectivity index (χ3v) is 8.02. The highest BCUT2D eigenvalue weighted by molar-refractivity contribution is 6.01. The molecule has 5 rings (SSSR count). The summed E-state index contributed by atoms with van der Waals surface area (Å²) in [4.78, 5) is 54.7. The van der Waals surface area contributed by atoms with Crippen LogP contribution >= 0.6 is 0 Å². The van der Waals surface area contributed by atoms with E-state index in [1.54, 1.807) is 21.7 Å². The number of nitrogens with one attached hydrogen (secondary N) is 1. The zero-order valence-electron chi connectivity index (χ0n) is 22.5. The van der Waals surface area contributed by atoms with Crippen LogP contribution in [0.3, 0.4) is 0 Å². The zero-order valence-corrected chi connectivity index (χ0v) is 22.5. The molecule has 0 saturated carbocycles. The molecule has 0 bridgehead atoms. The number of nitrogens with zero attached hydrogens (tertiary/aromatic N) is 4. The van der Waals surface area contributed by atoms with Gasteiger partial charge in [0.25, 0.3) is 0 Å². The second-order valence-corrected chi connectivity index (χ2v) is 10.8. The molecular formula is C28H31F2N5O5. The minimum Gasteiger partial charge on any atom is -0.465 e. The van der Waals surface area contributed by atoms with E-state index in [0.717, 1.165) is 28.9 Å². The molecule has 3 saturated heterocycles. The lowest BCUT2D eigenvalue weighted by Crippen LogP contribution is -2.71. The quantitative estimate of drug-likeness (QED) is 0.548. The van der Waals surface area contributed by atoms with Crippen molar-refractivity contribution in [3.05, 3.63) is 58.7 Å². The fourth-order valence-electron chi connectivity index (χ4n) is 5.79. The van der Waals surface area contributed by atoms with E-state index >= 15 is 0 Å². The molecule has 0 aromatic heterocycles. The number of piperidine rings is 1. The summed E-state index contributed by atoms with van der Waals surface area (Å²) in [5, 5.41) is 12.0. The maximum absolute atomic E-state index is 14.9. The summed E-state index contributed by atoms with van der Waals surface area (Å²) >= 11 is 0. The van der Waals surface area contributed by atoms with Crippen LogP contribution in [0.1, 0.15) is 35.4 Å². The molecule has 212 valence electrons. The number of imide groups is 1. The minimum atomic E-state index is -1.12. The number of hydrogen-bond acceptors (Lipinski definition) is 5. The zero-order chi connectivity index (χ0) is 28.9. The van der Waals surface area contributed by atoms with E-state index in [4.69, 9.17) is 0 Å². The summed E-state index contributed by atoms with van der Waals surface area (Å²) in [6, 6.07) is 7.07. The summed E-state index contributed by atoms with van der Waals surface area (Å²) in [5.74, 6) is -4.05. The molecule has 0 spiro atoms. The van der Waals surface area contributed by atoms with Gasteiger partial charge in [-0.3, -0.25) is 24.7 Å². The number of halogens is 2. The van der Waals surface area contributed by atoms with Crippen LogP contribution in [0, 0.1) is 25.5 Å². The molecule has 3 aliphatic heterocycles. The van der Waals surface area contributed by atoms with Crippen LogP contribution in [-0.2, 0) is 9.59 Å². The highest BCUT2D eigenvalue weighted by Gasteiger charge is 2.45. The topological polar surface area (TPSA) is 114 Å². The van der Waals surface area contributed by atoms with E-state index in [1.165, 1.54) is 4.90 Å². The number of urea groups is 1. The Morgan fingerprint density at radius 1 is 1.00 bits per heavy atom. The van der Waals surface area contributed by atoms with Gasteiger partial charge in [0.15, 0.2) is 0 Å². The number of hydrogen-bond donors (Lipinski definition) is 2. The van der Waals surface area contributed by atoms with Gasteiger partial charge in [-0.1, -0.05) is 17.7 Å². The number of aryl methyl sites for hydroxylation is 2. The molecule has 10 nitrogen and oxygen atoms in total. The van der Waals surface area contributed by atoms with Crippen LogP contribution in [0.4, 0.5) is 29.7 Å². The normalized spacial score (nSPS) is 19.6. The van der Waals surface area contributed by atoms with Gasteiger partial charge in [0.05, 0.1) is 18.0 Å². The van der Waals surface area contributed by atoms with Crippen LogP contribution in [-0.4, -0.2) is 84.2 Å². The Labute approximate surface area is 230 Å². The summed E-state index contributed by atoms with van der Waals surface area (Å²) < 4.78 is 29.9. The first-order chi connectivity index (χ1) is 18.9. The van der Waals surface area contributed by atoms with Crippen molar-refractivity contribution in [3.8, 4) is 0 Å². The lowest BCUT2D eigenvalue weighted by molar-refractivity contribution is -0.134. The number of benzene rings is 2. The lowest BCUT2D eigenvalue weighted by atomic mass is 9.89. The van der Waals surface area contributed by atoms with E-state index in [1.807, 2.05) is 32.0 Å². The Bertz CT molecular complexity index is 1370. The first-order valence-electron chi connectivity index (χ1n) is 13.1. The highest BCUT2D eigenvalue weighted by Crippen LogP contribution is 2.35. The van der Waals surface area contributed by atoms with Crippen molar-refractivity contribution in [2.24, 2.45) is 0 Å². The number of carbonyl (C=O) groups is 4. The van der Waals surface area contributed by atoms with Crippen LogP contribution in [0.15, 0.2) is 30.3 Å². The monoisotopic (exact) mass is 555 g/mol. The van der Waals surface area contributed by atoms with Crippen molar-refractivity contribution in [1.29, 1.82) is 0 Å². The first-order valence-corrected chi connectivity index (χ1v) is 13.1. The maximum atomic E-state index is 14.9. The van der Waals surface area contributed by atoms with Crippen molar-refractivity contribution in [3.63, 3.8) is 0 Å². The number of rotatable bonds is 5. The standard InChI is InChI=1S/C28H31F2N5O5/c1-15-4-6-23(16(2)8-15)32(3)27(38)34-13-19(14-34)35(28(39)40)18-11-33(12-18)17-9-21(29)25(22(30)10-17)20-5-7-24(36)31-26(20)37/h4,6,8-10,18-20H,5,7,11-14H2,1-3H3,(H,39,40)(H,31,36,37). The number of carbonyl (C=O) groups excluding carboxylic acids is 3. The molecule has 3 aliphatic rings. The Hall–Kier alpha value is -4.22. The van der Waals surface area contributed by atoms with Crippen molar-refractivity contribution in [2.75, 3.05) is 43.0 Å². The predicted octanol–water partition coefficient (Wildman–Crippen LogP) is 3.21. The summed E-state index contributed by atoms with van der Waals surface area (Å²) in [7, 11) is 1.69. The number of carboxylic acid groups (broad SMARTS) is 1. The van der Waals surface area contributed by atoms with Gasteiger partial charge in [-0.05, 0) is 44.0 Å². The molecule has 2 aromatic carbocycles. The van der Waals surface area contributed by atoms with Gasteiger partial charge in [-0.25, -0.2) is 18.4 Å². The van der Waals surface area contributed by atoms with Crippen molar-refractivity contribution < 1.29 is 33.1 Å². The second kappa shape index (κ2) is 10.4. The van der Waals surface area contributed by atoms with Gasteiger partial charge >= 0.3 is 12.1 Å². The largest absolute Gasteiger partial charge is 0.465 e. The number of amides is 5. The predicted molar refractivity (Wildman–Crippen MR) is 142 cm³/mol. The Kier molecular flexibility index (Phi) is 7.11. The van der Waals surface area contributed by atoms with Gasteiger partial charge in [0.1, 0.15) is 11.6 Å².